The van der Waals surface area contributed by atoms with E-state index in [1.165, 1.54) is 0 Å². The van der Waals surface area contributed by atoms with E-state index in [0.29, 0.717) is 16.6 Å². The van der Waals surface area contributed by atoms with Gasteiger partial charge in [-0.3, -0.25) is 10.3 Å². The van der Waals surface area contributed by atoms with Crippen molar-refractivity contribution in [2.45, 2.75) is 12.0 Å². The summed E-state index contributed by atoms with van der Waals surface area (Å²) in [4.78, 5) is 4.25. The first kappa shape index (κ1) is 14.1. The van der Waals surface area contributed by atoms with Gasteiger partial charge in [-0.05, 0) is 11.6 Å². The average Bonchev–Trinajstić information content (AvgIpc) is 2.73. The molecule has 0 aromatic heterocycles. The normalized spacial score (nSPS) is 18.5. The van der Waals surface area contributed by atoms with Crippen LogP contribution in [0, 0.1) is 0 Å². The highest BCUT2D eigenvalue weighted by Crippen LogP contribution is 2.25. The van der Waals surface area contributed by atoms with Crippen LogP contribution in [0.1, 0.15) is 5.56 Å². The summed E-state index contributed by atoms with van der Waals surface area (Å²) in [6.07, 6.45) is 1.92. The van der Waals surface area contributed by atoms with Crippen LogP contribution in [0.2, 0.25) is 10.0 Å². The molecule has 0 bridgehead atoms. The molecule has 1 aliphatic rings. The molecule has 88 valence electrons. The highest BCUT2D eigenvalue weighted by atomic mass is 35.5. The minimum Gasteiger partial charge on any atom is -0.283 e. The number of nitrogens with one attached hydrogen (secondary N) is 1. The van der Waals surface area contributed by atoms with Crippen LogP contribution < -0.4 is 5.32 Å². The summed E-state index contributed by atoms with van der Waals surface area (Å²) in [6, 6.07) is 5.65. The lowest BCUT2D eigenvalue weighted by molar-refractivity contribution is 0.676. The molecule has 0 aliphatic carbocycles. The molecule has 0 radical (unpaired) electrons. The predicted molar refractivity (Wildman–Crippen MR) is 75.3 cm³/mol. The van der Waals surface area contributed by atoms with Gasteiger partial charge in [-0.2, -0.15) is 0 Å². The molecule has 1 unspecified atom stereocenters. The highest BCUT2D eigenvalue weighted by molar-refractivity contribution is 8.00. The van der Waals surface area contributed by atoms with Crippen molar-refractivity contribution >= 4 is 53.6 Å². The van der Waals surface area contributed by atoms with Crippen LogP contribution in [-0.2, 0) is 6.54 Å². The minimum atomic E-state index is 0. The van der Waals surface area contributed by atoms with E-state index in [0.717, 1.165) is 11.3 Å². The van der Waals surface area contributed by atoms with E-state index in [1.54, 1.807) is 17.8 Å². The number of hydrogen-bond acceptors (Lipinski definition) is 3. The molecule has 0 fully saturated rings. The maximum atomic E-state index is 6.06. The number of benzene rings is 1. The lowest BCUT2D eigenvalue weighted by Gasteiger charge is -2.10. The molecule has 0 saturated carbocycles. The Morgan fingerprint density at radius 3 is 2.94 bits per heavy atom. The van der Waals surface area contributed by atoms with Gasteiger partial charge < -0.3 is 0 Å². The number of hydrogen-bond donors (Lipinski definition) is 1. The number of thioether (sulfide) groups is 1. The van der Waals surface area contributed by atoms with Gasteiger partial charge >= 0.3 is 0 Å². The monoisotopic (exact) mass is 296 g/mol. The fourth-order valence-electron chi connectivity index (χ4n) is 1.31. The summed E-state index contributed by atoms with van der Waals surface area (Å²) in [7, 11) is 0. The molecule has 1 heterocycles. The molecule has 1 aliphatic heterocycles. The maximum Gasteiger partial charge on any atom is 0.147 e. The Kier molecular flexibility index (Phi) is 5.94. The third kappa shape index (κ3) is 3.54. The molecule has 1 aromatic carbocycles. The third-order valence-corrected chi connectivity index (χ3v) is 3.87. The Labute approximate surface area is 115 Å². The molecule has 16 heavy (non-hydrogen) atoms. The Hall–Kier alpha value is 0.0700. The van der Waals surface area contributed by atoms with Gasteiger partial charge in [0.15, 0.2) is 0 Å². The lowest BCUT2D eigenvalue weighted by Crippen LogP contribution is -2.21. The third-order valence-electron chi connectivity index (χ3n) is 2.07. The van der Waals surface area contributed by atoms with Crippen molar-refractivity contribution in [3.05, 3.63) is 33.8 Å². The van der Waals surface area contributed by atoms with Gasteiger partial charge in [0.25, 0.3) is 0 Å². The molecule has 1 aromatic rings. The molecular formula is C10H11Cl3N2S. The number of aliphatic imine (C=N–C) groups is 1. The Bertz CT molecular complexity index is 384. The van der Waals surface area contributed by atoms with Gasteiger partial charge in [0.1, 0.15) is 5.50 Å². The van der Waals surface area contributed by atoms with Crippen molar-refractivity contribution in [1.82, 2.24) is 5.32 Å². The van der Waals surface area contributed by atoms with Crippen LogP contribution >= 0.6 is 47.4 Å². The zero-order chi connectivity index (χ0) is 10.7. The topological polar surface area (TPSA) is 24.4 Å². The largest absolute Gasteiger partial charge is 0.283 e. The molecule has 1 atom stereocenters. The van der Waals surface area contributed by atoms with E-state index < -0.39 is 0 Å². The predicted octanol–water partition coefficient (Wildman–Crippen LogP) is 3.61. The molecule has 2 rings (SSSR count). The molecule has 1 N–H and O–H groups in total. The average molecular weight is 298 g/mol. The van der Waals surface area contributed by atoms with Crippen molar-refractivity contribution in [3.63, 3.8) is 0 Å². The summed E-state index contributed by atoms with van der Waals surface area (Å²) < 4.78 is 0. The molecule has 6 heteroatoms. The summed E-state index contributed by atoms with van der Waals surface area (Å²) >= 11 is 13.7. The van der Waals surface area contributed by atoms with Crippen molar-refractivity contribution in [1.29, 1.82) is 0 Å². The van der Waals surface area contributed by atoms with Crippen LogP contribution in [0.3, 0.4) is 0 Å². The van der Waals surface area contributed by atoms with Crippen LogP contribution in [0.5, 0.6) is 0 Å². The van der Waals surface area contributed by atoms with Crippen molar-refractivity contribution in [3.8, 4) is 0 Å². The van der Waals surface area contributed by atoms with Crippen molar-refractivity contribution < 1.29 is 0 Å². The second-order valence-corrected chi connectivity index (χ2v) is 5.01. The van der Waals surface area contributed by atoms with E-state index >= 15 is 0 Å². The molecule has 2 nitrogen and oxygen atoms in total. The summed E-state index contributed by atoms with van der Waals surface area (Å²) in [5.74, 6) is 0.973. The van der Waals surface area contributed by atoms with Gasteiger partial charge in [-0.1, -0.05) is 35.3 Å². The van der Waals surface area contributed by atoms with Crippen LogP contribution in [0.4, 0.5) is 0 Å². The van der Waals surface area contributed by atoms with Gasteiger partial charge in [-0.25, -0.2) is 0 Å². The highest BCUT2D eigenvalue weighted by Gasteiger charge is 2.11. The van der Waals surface area contributed by atoms with Crippen LogP contribution in [0.25, 0.3) is 0 Å². The van der Waals surface area contributed by atoms with E-state index in [1.807, 2.05) is 18.3 Å². The second-order valence-electron chi connectivity index (χ2n) is 3.11. The smallest absolute Gasteiger partial charge is 0.147 e. The fraction of sp³-hybridized carbons (Fsp3) is 0.300. The van der Waals surface area contributed by atoms with E-state index in [4.69, 9.17) is 23.2 Å². The van der Waals surface area contributed by atoms with Crippen LogP contribution in [-0.4, -0.2) is 17.5 Å². The molecule has 0 saturated heterocycles. The quantitative estimate of drug-likeness (QED) is 0.922. The van der Waals surface area contributed by atoms with Gasteiger partial charge in [0.2, 0.25) is 0 Å². The zero-order valence-electron chi connectivity index (χ0n) is 8.32. The van der Waals surface area contributed by atoms with Gasteiger partial charge in [0, 0.05) is 18.5 Å². The summed E-state index contributed by atoms with van der Waals surface area (Å²) in [5.41, 5.74) is 1.16. The molecule has 0 amide bonds. The van der Waals surface area contributed by atoms with Crippen molar-refractivity contribution in [2.24, 2.45) is 4.99 Å². The Morgan fingerprint density at radius 2 is 2.25 bits per heavy atom. The number of nitrogens with zero attached hydrogens (tertiary/aromatic N) is 1. The Balaban J connectivity index is 0.00000128. The van der Waals surface area contributed by atoms with E-state index in [-0.39, 0.29) is 17.9 Å². The maximum absolute atomic E-state index is 6.06. The summed E-state index contributed by atoms with van der Waals surface area (Å²) in [5, 5.41) is 4.51. The minimum absolute atomic E-state index is 0. The fourth-order valence-corrected chi connectivity index (χ4v) is 2.42. The molecular weight excluding hydrogens is 287 g/mol. The summed E-state index contributed by atoms with van der Waals surface area (Å²) in [6.45, 7) is 0.689. The standard InChI is InChI=1S/C10H10Cl2N2S.ClH/c11-8-3-1-2-7(9(8)12)6-14-10-13-4-5-15-10;/h1-4,10,14H,5-6H2;1H. The molecule has 0 spiro atoms. The first-order valence-corrected chi connectivity index (χ1v) is 6.37. The zero-order valence-corrected chi connectivity index (χ0v) is 11.5. The van der Waals surface area contributed by atoms with E-state index in [2.05, 4.69) is 10.3 Å². The number of halogens is 3. The lowest BCUT2D eigenvalue weighted by atomic mass is 10.2. The Morgan fingerprint density at radius 1 is 1.44 bits per heavy atom. The van der Waals surface area contributed by atoms with Gasteiger partial charge in [-0.15, -0.1) is 24.2 Å². The van der Waals surface area contributed by atoms with Gasteiger partial charge in [0.05, 0.1) is 10.0 Å². The number of rotatable bonds is 3. The van der Waals surface area contributed by atoms with Crippen LogP contribution in [0.15, 0.2) is 23.2 Å². The first-order chi connectivity index (χ1) is 7.27. The second kappa shape index (κ2) is 6.72. The van der Waals surface area contributed by atoms with Crippen molar-refractivity contribution in [2.75, 3.05) is 5.75 Å². The van der Waals surface area contributed by atoms with E-state index in [9.17, 15) is 0 Å². The SMILES string of the molecule is Cl.Clc1cccc(CNC2N=CCS2)c1Cl. The first-order valence-electron chi connectivity index (χ1n) is 4.57.